The smallest absolute Gasteiger partial charge is 0.299 e. The molecule has 0 saturated heterocycles. The van der Waals surface area contributed by atoms with Crippen LogP contribution < -0.4 is 15.6 Å². The van der Waals surface area contributed by atoms with Gasteiger partial charge in [0.2, 0.25) is 0 Å². The lowest BCUT2D eigenvalue weighted by atomic mass is 9.97. The summed E-state index contributed by atoms with van der Waals surface area (Å²) in [6, 6.07) is 14.3. The van der Waals surface area contributed by atoms with E-state index in [1.807, 2.05) is 57.2 Å². The molecule has 4 rings (SSSR count). The number of hydrogen-bond donors (Lipinski definition) is 2. The number of benzene rings is 2. The fourth-order valence-corrected chi connectivity index (χ4v) is 3.99. The van der Waals surface area contributed by atoms with Gasteiger partial charge in [0.15, 0.2) is 5.76 Å². The van der Waals surface area contributed by atoms with Crippen LogP contribution in [-0.2, 0) is 6.42 Å². The maximum atomic E-state index is 12.7. The number of H-pyrrole nitrogens is 1. The Hall–Kier alpha value is -3.80. The van der Waals surface area contributed by atoms with Crippen LogP contribution in [0.5, 0.6) is 5.75 Å². The van der Waals surface area contributed by atoms with E-state index in [-0.39, 0.29) is 11.7 Å². The third kappa shape index (κ3) is 5.17. The molecule has 0 spiro atoms. The van der Waals surface area contributed by atoms with Crippen molar-refractivity contribution in [3.63, 3.8) is 0 Å². The molecule has 0 aliphatic rings. The van der Waals surface area contributed by atoms with Crippen molar-refractivity contribution in [2.24, 2.45) is 0 Å². The number of aromatic amines is 1. The van der Waals surface area contributed by atoms with Crippen molar-refractivity contribution >= 4 is 11.7 Å². The van der Waals surface area contributed by atoms with E-state index in [4.69, 9.17) is 9.15 Å². The van der Waals surface area contributed by atoms with Gasteiger partial charge >= 0.3 is 0 Å². The van der Waals surface area contributed by atoms with E-state index in [1.165, 1.54) is 0 Å². The quantitative estimate of drug-likeness (QED) is 0.345. The Bertz CT molecular complexity index is 1310. The van der Waals surface area contributed by atoms with Gasteiger partial charge in [-0.05, 0) is 92.8 Å². The number of oxazole rings is 1. The largest absolute Gasteiger partial charge is 0.491 e. The molecule has 0 radical (unpaired) electrons. The summed E-state index contributed by atoms with van der Waals surface area (Å²) in [5.41, 5.74) is 6.29. The normalized spacial score (nSPS) is 11.1. The highest BCUT2D eigenvalue weighted by Crippen LogP contribution is 2.33. The summed E-state index contributed by atoms with van der Waals surface area (Å²) in [7, 11) is 0. The van der Waals surface area contributed by atoms with Gasteiger partial charge in [-0.2, -0.15) is 0 Å². The van der Waals surface area contributed by atoms with E-state index in [2.05, 4.69) is 35.2 Å². The van der Waals surface area contributed by atoms with E-state index < -0.39 is 0 Å². The van der Waals surface area contributed by atoms with Crippen LogP contribution in [0.1, 0.15) is 37.5 Å². The summed E-state index contributed by atoms with van der Waals surface area (Å²) in [5.74, 6) is 1.26. The number of hydrogen-bond acceptors (Lipinski definition) is 5. The lowest BCUT2D eigenvalue weighted by Gasteiger charge is -2.14. The standard InChI is InChI=1S/C27H29N3O3/c1-6-19-7-8-28-26(31)25(19)21-12-20(13-23(14-21)32-16(2)3)24-15-29-27(33-24)30-22-10-17(4)9-18(5)11-22/h7-16H,6H2,1-5H3,(H,28,31)(H,29,30). The first-order valence-electron chi connectivity index (χ1n) is 11.2. The molecule has 2 N–H and O–H groups in total. The fourth-order valence-electron chi connectivity index (χ4n) is 3.99. The lowest BCUT2D eigenvalue weighted by molar-refractivity contribution is 0.242. The Balaban J connectivity index is 1.75. The van der Waals surface area contributed by atoms with E-state index >= 15 is 0 Å². The molecule has 0 aliphatic heterocycles. The van der Waals surface area contributed by atoms with E-state index in [0.717, 1.165) is 39.9 Å². The molecular formula is C27H29N3O3. The molecule has 0 unspecified atom stereocenters. The topological polar surface area (TPSA) is 80.2 Å². The SMILES string of the molecule is CCc1cc[nH]c(=O)c1-c1cc(OC(C)C)cc(-c2cnc(Nc3cc(C)cc(C)c3)o2)c1. The third-order valence-corrected chi connectivity index (χ3v) is 5.26. The summed E-state index contributed by atoms with van der Waals surface area (Å²) in [6.07, 6.45) is 4.10. The molecule has 0 atom stereocenters. The Morgan fingerprint density at radius 3 is 2.48 bits per heavy atom. The first-order chi connectivity index (χ1) is 15.8. The molecule has 0 aliphatic carbocycles. The van der Waals surface area contributed by atoms with Gasteiger partial charge in [-0.1, -0.05) is 13.0 Å². The predicted octanol–water partition coefficient (Wildman–Crippen LogP) is 6.41. The van der Waals surface area contributed by atoms with E-state index in [9.17, 15) is 4.79 Å². The maximum absolute atomic E-state index is 12.7. The van der Waals surface area contributed by atoms with Gasteiger partial charge < -0.3 is 19.5 Å². The highest BCUT2D eigenvalue weighted by molar-refractivity contribution is 5.75. The van der Waals surface area contributed by atoms with E-state index in [1.54, 1.807) is 12.4 Å². The van der Waals surface area contributed by atoms with Gasteiger partial charge in [0.1, 0.15) is 5.75 Å². The second kappa shape index (κ2) is 9.36. The van der Waals surface area contributed by atoms with Crippen molar-refractivity contribution in [3.05, 3.63) is 81.9 Å². The van der Waals surface area contributed by atoms with Gasteiger partial charge in [0, 0.05) is 17.4 Å². The molecule has 2 aromatic heterocycles. The predicted molar refractivity (Wildman–Crippen MR) is 132 cm³/mol. The second-order valence-corrected chi connectivity index (χ2v) is 8.50. The van der Waals surface area contributed by atoms with Crippen LogP contribution in [0.25, 0.3) is 22.5 Å². The van der Waals surface area contributed by atoms with Crippen LogP contribution in [0.2, 0.25) is 0 Å². The van der Waals surface area contributed by atoms with Crippen molar-refractivity contribution < 1.29 is 9.15 Å². The summed E-state index contributed by atoms with van der Waals surface area (Å²) >= 11 is 0. The van der Waals surface area contributed by atoms with Crippen LogP contribution in [0.3, 0.4) is 0 Å². The molecular weight excluding hydrogens is 414 g/mol. The zero-order chi connectivity index (χ0) is 23.5. The van der Waals surface area contributed by atoms with Crippen molar-refractivity contribution in [2.75, 3.05) is 5.32 Å². The molecule has 6 nitrogen and oxygen atoms in total. The zero-order valence-corrected chi connectivity index (χ0v) is 19.7. The van der Waals surface area contributed by atoms with Crippen LogP contribution in [-0.4, -0.2) is 16.1 Å². The first kappa shape index (κ1) is 22.4. The van der Waals surface area contributed by atoms with Gasteiger partial charge in [-0.25, -0.2) is 4.98 Å². The average molecular weight is 444 g/mol. The Morgan fingerprint density at radius 2 is 1.79 bits per heavy atom. The summed E-state index contributed by atoms with van der Waals surface area (Å²) in [6.45, 7) is 10.1. The minimum absolute atomic E-state index is 0.00989. The molecule has 33 heavy (non-hydrogen) atoms. The van der Waals surface area contributed by atoms with Gasteiger partial charge in [0.25, 0.3) is 11.6 Å². The number of pyridine rings is 1. The third-order valence-electron chi connectivity index (χ3n) is 5.26. The van der Waals surface area contributed by atoms with Crippen molar-refractivity contribution in [3.8, 4) is 28.2 Å². The molecule has 6 heteroatoms. The van der Waals surface area contributed by atoms with Crippen LogP contribution >= 0.6 is 0 Å². The maximum Gasteiger partial charge on any atom is 0.299 e. The number of nitrogens with one attached hydrogen (secondary N) is 2. The van der Waals surface area contributed by atoms with Crippen molar-refractivity contribution in [2.45, 2.75) is 47.1 Å². The Labute approximate surface area is 193 Å². The zero-order valence-electron chi connectivity index (χ0n) is 19.7. The molecule has 0 saturated carbocycles. The summed E-state index contributed by atoms with van der Waals surface area (Å²) < 4.78 is 12.0. The number of anilines is 2. The average Bonchev–Trinajstić information content (AvgIpc) is 3.20. The molecule has 4 aromatic rings. The van der Waals surface area contributed by atoms with E-state index in [0.29, 0.717) is 23.1 Å². The summed E-state index contributed by atoms with van der Waals surface area (Å²) in [5, 5.41) is 3.23. The van der Waals surface area contributed by atoms with Crippen LogP contribution in [0.15, 0.2) is 64.1 Å². The van der Waals surface area contributed by atoms with Crippen LogP contribution in [0.4, 0.5) is 11.7 Å². The molecule has 0 fully saturated rings. The second-order valence-electron chi connectivity index (χ2n) is 8.50. The van der Waals surface area contributed by atoms with Crippen molar-refractivity contribution in [1.29, 1.82) is 0 Å². The molecule has 0 bridgehead atoms. The fraction of sp³-hybridized carbons (Fsp3) is 0.259. The minimum Gasteiger partial charge on any atom is -0.491 e. The number of nitrogens with zero attached hydrogens (tertiary/aromatic N) is 1. The highest BCUT2D eigenvalue weighted by atomic mass is 16.5. The number of aromatic nitrogens is 2. The summed E-state index contributed by atoms with van der Waals surface area (Å²) in [4.78, 5) is 19.9. The molecule has 170 valence electrons. The molecule has 2 heterocycles. The highest BCUT2D eigenvalue weighted by Gasteiger charge is 2.15. The van der Waals surface area contributed by atoms with Crippen molar-refractivity contribution in [1.82, 2.24) is 9.97 Å². The van der Waals surface area contributed by atoms with Gasteiger partial charge in [-0.3, -0.25) is 4.79 Å². The number of rotatable bonds is 7. The molecule has 0 amide bonds. The first-order valence-corrected chi connectivity index (χ1v) is 11.2. The van der Waals surface area contributed by atoms with Gasteiger partial charge in [-0.15, -0.1) is 0 Å². The van der Waals surface area contributed by atoms with Gasteiger partial charge in [0.05, 0.1) is 17.9 Å². The number of ether oxygens (including phenoxy) is 1. The Morgan fingerprint density at radius 1 is 1.06 bits per heavy atom. The number of aryl methyl sites for hydroxylation is 3. The lowest BCUT2D eigenvalue weighted by Crippen LogP contribution is -2.11. The Kier molecular flexibility index (Phi) is 6.36. The monoisotopic (exact) mass is 443 g/mol. The van der Waals surface area contributed by atoms with Crippen LogP contribution in [0, 0.1) is 13.8 Å². The minimum atomic E-state index is -0.128. The molecule has 2 aromatic carbocycles.